The molecule has 32 heavy (non-hydrogen) atoms. The number of hydrogen-bond acceptors (Lipinski definition) is 5. The average molecular weight is 454 g/mol. The van der Waals surface area contributed by atoms with Crippen molar-refractivity contribution in [3.8, 4) is 5.75 Å². The number of hydrogen-bond donors (Lipinski definition) is 2. The molecule has 0 unspecified atom stereocenters. The van der Waals surface area contributed by atoms with E-state index in [1.807, 2.05) is 19.1 Å². The molecule has 0 fully saturated rings. The van der Waals surface area contributed by atoms with Crippen molar-refractivity contribution in [3.63, 3.8) is 0 Å². The number of amides is 1. The summed E-state index contributed by atoms with van der Waals surface area (Å²) >= 11 is 0. The third kappa shape index (κ3) is 4.15. The predicted molar refractivity (Wildman–Crippen MR) is 119 cm³/mol. The smallest absolute Gasteiger partial charge is 0.293 e. The van der Waals surface area contributed by atoms with E-state index < -0.39 is 21.7 Å². The van der Waals surface area contributed by atoms with Crippen molar-refractivity contribution < 1.29 is 26.8 Å². The first-order valence-electron chi connectivity index (χ1n) is 9.54. The van der Waals surface area contributed by atoms with Gasteiger partial charge in [0.15, 0.2) is 11.6 Å². The Kier molecular flexibility index (Phi) is 5.58. The molecule has 1 aromatic heterocycles. The zero-order valence-corrected chi connectivity index (χ0v) is 18.0. The quantitative estimate of drug-likeness (QED) is 0.430. The van der Waals surface area contributed by atoms with Crippen LogP contribution in [-0.2, 0) is 10.0 Å². The standard InChI is InChI=1S/C23H19FN2O5S/c1-14-7-9-15(10-8-14)25-23(27)22-21(17-5-3-4-6-19(17)31-22)26-32(28,29)16-11-12-20(30-2)18(24)13-16/h3-13,26H,1-2H3,(H,25,27). The molecule has 0 aliphatic rings. The van der Waals surface area contributed by atoms with Crippen LogP contribution in [0.4, 0.5) is 15.8 Å². The Morgan fingerprint density at radius 1 is 1.03 bits per heavy atom. The molecule has 0 spiro atoms. The zero-order valence-electron chi connectivity index (χ0n) is 17.2. The van der Waals surface area contributed by atoms with E-state index in [1.165, 1.54) is 19.2 Å². The molecule has 0 aliphatic carbocycles. The first kappa shape index (κ1) is 21.4. The van der Waals surface area contributed by atoms with Crippen molar-refractivity contribution in [3.05, 3.63) is 83.9 Å². The van der Waals surface area contributed by atoms with Crippen LogP contribution in [0, 0.1) is 12.7 Å². The molecular formula is C23H19FN2O5S. The van der Waals surface area contributed by atoms with E-state index in [-0.39, 0.29) is 22.1 Å². The van der Waals surface area contributed by atoms with Crippen molar-refractivity contribution in [1.82, 2.24) is 0 Å². The van der Waals surface area contributed by atoms with Crippen LogP contribution in [0.25, 0.3) is 11.0 Å². The van der Waals surface area contributed by atoms with Crippen molar-refractivity contribution in [1.29, 1.82) is 0 Å². The Morgan fingerprint density at radius 2 is 1.75 bits per heavy atom. The molecular weight excluding hydrogens is 435 g/mol. The first-order chi connectivity index (χ1) is 15.3. The van der Waals surface area contributed by atoms with Gasteiger partial charge in [-0.15, -0.1) is 0 Å². The van der Waals surface area contributed by atoms with Gasteiger partial charge in [-0.2, -0.15) is 0 Å². The van der Waals surface area contributed by atoms with Crippen LogP contribution >= 0.6 is 0 Å². The van der Waals surface area contributed by atoms with Gasteiger partial charge in [-0.1, -0.05) is 29.8 Å². The summed E-state index contributed by atoms with van der Waals surface area (Å²) in [6.07, 6.45) is 0. The summed E-state index contributed by atoms with van der Waals surface area (Å²) in [6.45, 7) is 1.92. The predicted octanol–water partition coefficient (Wildman–Crippen LogP) is 4.94. The van der Waals surface area contributed by atoms with Crippen LogP contribution in [0.5, 0.6) is 5.75 Å². The third-order valence-corrected chi connectivity index (χ3v) is 6.13. The molecule has 0 saturated heterocycles. The van der Waals surface area contributed by atoms with E-state index in [2.05, 4.69) is 10.0 Å². The molecule has 0 bridgehead atoms. The largest absolute Gasteiger partial charge is 0.494 e. The van der Waals surface area contributed by atoms with E-state index in [4.69, 9.17) is 9.15 Å². The Labute approximate surface area is 183 Å². The number of nitrogens with one attached hydrogen (secondary N) is 2. The third-order valence-electron chi connectivity index (χ3n) is 4.78. The molecule has 7 nitrogen and oxygen atoms in total. The Bertz CT molecular complexity index is 1410. The summed E-state index contributed by atoms with van der Waals surface area (Å²) in [5.41, 5.74) is 1.82. The Morgan fingerprint density at radius 3 is 2.44 bits per heavy atom. The highest BCUT2D eigenvalue weighted by Gasteiger charge is 2.26. The number of fused-ring (bicyclic) bond motifs is 1. The molecule has 1 heterocycles. The van der Waals surface area contributed by atoms with Gasteiger partial charge in [0, 0.05) is 11.1 Å². The fourth-order valence-corrected chi connectivity index (χ4v) is 4.23. The van der Waals surface area contributed by atoms with Crippen molar-refractivity contribution in [2.45, 2.75) is 11.8 Å². The van der Waals surface area contributed by atoms with Crippen LogP contribution in [0.3, 0.4) is 0 Å². The van der Waals surface area contributed by atoms with Gasteiger partial charge in [0.25, 0.3) is 15.9 Å². The molecule has 0 atom stereocenters. The number of ether oxygens (including phenoxy) is 1. The van der Waals surface area contributed by atoms with Gasteiger partial charge in [0.05, 0.1) is 12.0 Å². The lowest BCUT2D eigenvalue weighted by Gasteiger charge is -2.10. The van der Waals surface area contributed by atoms with E-state index in [1.54, 1.807) is 36.4 Å². The second-order valence-electron chi connectivity index (χ2n) is 7.02. The average Bonchev–Trinajstić information content (AvgIpc) is 3.13. The minimum absolute atomic E-state index is 0.0403. The van der Waals surface area contributed by atoms with E-state index in [9.17, 15) is 17.6 Å². The number of methoxy groups -OCH3 is 1. The number of benzene rings is 3. The summed E-state index contributed by atoms with van der Waals surface area (Å²) in [7, 11) is -2.96. The van der Waals surface area contributed by atoms with Crippen LogP contribution in [0.2, 0.25) is 0 Å². The number of anilines is 2. The minimum Gasteiger partial charge on any atom is -0.494 e. The number of aryl methyl sites for hydroxylation is 1. The molecule has 0 radical (unpaired) electrons. The molecule has 3 aromatic carbocycles. The Balaban J connectivity index is 1.73. The maximum atomic E-state index is 14.1. The lowest BCUT2D eigenvalue weighted by atomic mass is 10.2. The first-order valence-corrected chi connectivity index (χ1v) is 11.0. The van der Waals surface area contributed by atoms with Gasteiger partial charge in [-0.05, 0) is 49.4 Å². The van der Waals surface area contributed by atoms with Crippen LogP contribution in [0.15, 0.2) is 76.0 Å². The number of sulfonamides is 1. The Hall–Kier alpha value is -3.85. The number of furan rings is 1. The number of carbonyl (C=O) groups excluding carboxylic acids is 1. The van der Waals surface area contributed by atoms with Crippen molar-refractivity contribution >= 4 is 38.3 Å². The molecule has 4 aromatic rings. The second-order valence-corrected chi connectivity index (χ2v) is 8.71. The normalized spacial score (nSPS) is 11.3. The van der Waals surface area contributed by atoms with Crippen LogP contribution < -0.4 is 14.8 Å². The molecule has 4 rings (SSSR count). The summed E-state index contributed by atoms with van der Waals surface area (Å²) < 4.78 is 52.9. The summed E-state index contributed by atoms with van der Waals surface area (Å²) in [5, 5.41) is 3.08. The van der Waals surface area contributed by atoms with Gasteiger partial charge in [0.2, 0.25) is 5.76 Å². The van der Waals surface area contributed by atoms with Crippen molar-refractivity contribution in [2.75, 3.05) is 17.1 Å². The van der Waals surface area contributed by atoms with Crippen molar-refractivity contribution in [2.24, 2.45) is 0 Å². The monoisotopic (exact) mass is 454 g/mol. The fourth-order valence-electron chi connectivity index (χ4n) is 3.14. The van der Waals surface area contributed by atoms with Gasteiger partial charge in [-0.3, -0.25) is 9.52 Å². The molecule has 9 heteroatoms. The number of rotatable bonds is 6. The van der Waals surface area contributed by atoms with Crippen LogP contribution in [-0.4, -0.2) is 21.4 Å². The second kappa shape index (κ2) is 8.35. The molecule has 1 amide bonds. The number of carbonyl (C=O) groups is 1. The number of para-hydroxylation sites is 1. The summed E-state index contributed by atoms with van der Waals surface area (Å²) in [6, 6.07) is 17.0. The van der Waals surface area contributed by atoms with E-state index in [0.29, 0.717) is 16.7 Å². The molecule has 0 saturated carbocycles. The highest BCUT2D eigenvalue weighted by atomic mass is 32.2. The van der Waals surface area contributed by atoms with Crippen LogP contribution in [0.1, 0.15) is 16.1 Å². The topological polar surface area (TPSA) is 97.6 Å². The summed E-state index contributed by atoms with van der Waals surface area (Å²) in [4.78, 5) is 12.6. The van der Waals surface area contributed by atoms with E-state index in [0.717, 1.165) is 11.6 Å². The SMILES string of the molecule is COc1ccc(S(=O)(=O)Nc2c(C(=O)Nc3ccc(C)cc3)oc3ccccc23)cc1F. The lowest BCUT2D eigenvalue weighted by Crippen LogP contribution is -2.17. The molecule has 0 aliphatic heterocycles. The fraction of sp³-hybridized carbons (Fsp3) is 0.0870. The summed E-state index contributed by atoms with van der Waals surface area (Å²) in [5.74, 6) is -1.77. The zero-order chi connectivity index (χ0) is 22.9. The molecule has 2 N–H and O–H groups in total. The lowest BCUT2D eigenvalue weighted by molar-refractivity contribution is 0.1000. The van der Waals surface area contributed by atoms with Gasteiger partial charge in [-0.25, -0.2) is 12.8 Å². The molecule has 164 valence electrons. The van der Waals surface area contributed by atoms with E-state index >= 15 is 0 Å². The highest BCUT2D eigenvalue weighted by molar-refractivity contribution is 7.92. The van der Waals surface area contributed by atoms with Gasteiger partial charge < -0.3 is 14.5 Å². The number of halogens is 1. The maximum Gasteiger partial charge on any atom is 0.293 e. The van der Waals surface area contributed by atoms with Gasteiger partial charge in [0.1, 0.15) is 11.3 Å². The minimum atomic E-state index is -4.24. The highest BCUT2D eigenvalue weighted by Crippen LogP contribution is 2.33. The maximum absolute atomic E-state index is 14.1. The van der Waals surface area contributed by atoms with Gasteiger partial charge >= 0.3 is 0 Å².